The van der Waals surface area contributed by atoms with E-state index in [4.69, 9.17) is 5.11 Å². The highest BCUT2D eigenvalue weighted by atomic mass is 32.1. The van der Waals surface area contributed by atoms with Crippen LogP contribution in [-0.4, -0.2) is 26.0 Å². The second-order valence-corrected chi connectivity index (χ2v) is 5.58. The number of nitrogens with one attached hydrogen (secondary N) is 2. The number of thiazole rings is 1. The predicted molar refractivity (Wildman–Crippen MR) is 88.8 cm³/mol. The lowest BCUT2D eigenvalue weighted by atomic mass is 10.1. The normalized spacial score (nSPS) is 10.3. The summed E-state index contributed by atoms with van der Waals surface area (Å²) in [6.45, 7) is 1.88. The van der Waals surface area contributed by atoms with Gasteiger partial charge in [0.25, 0.3) is 0 Å². The second kappa shape index (κ2) is 6.41. The molecule has 0 saturated heterocycles. The molecule has 0 spiro atoms. The summed E-state index contributed by atoms with van der Waals surface area (Å²) in [5.41, 5.74) is 1.75. The van der Waals surface area contributed by atoms with Crippen LogP contribution in [-0.2, 0) is 0 Å². The molecular formula is C15H13N5O2S. The molecule has 0 bridgehead atoms. The van der Waals surface area contributed by atoms with Gasteiger partial charge in [0.15, 0.2) is 5.13 Å². The first-order valence-electron chi connectivity index (χ1n) is 6.72. The zero-order valence-corrected chi connectivity index (χ0v) is 13.0. The molecule has 2 heterocycles. The van der Waals surface area contributed by atoms with Gasteiger partial charge in [0.2, 0.25) is 5.95 Å². The number of hydrogen-bond donors (Lipinski definition) is 3. The average Bonchev–Trinajstić information content (AvgIpc) is 3.02. The van der Waals surface area contributed by atoms with Gasteiger partial charge in [0.1, 0.15) is 5.82 Å². The molecule has 1 aromatic carbocycles. The van der Waals surface area contributed by atoms with Crippen LogP contribution < -0.4 is 10.6 Å². The second-order valence-electron chi connectivity index (χ2n) is 4.69. The van der Waals surface area contributed by atoms with Crippen LogP contribution in [0.1, 0.15) is 15.9 Å². The van der Waals surface area contributed by atoms with E-state index in [1.54, 1.807) is 36.7 Å². The lowest BCUT2D eigenvalue weighted by molar-refractivity contribution is 0.0697. The van der Waals surface area contributed by atoms with E-state index in [1.165, 1.54) is 11.3 Å². The highest BCUT2D eigenvalue weighted by Crippen LogP contribution is 2.22. The summed E-state index contributed by atoms with van der Waals surface area (Å²) in [5, 5.41) is 17.8. The first-order chi connectivity index (χ1) is 11.1. The molecule has 2 aromatic heterocycles. The maximum absolute atomic E-state index is 11.1. The van der Waals surface area contributed by atoms with Crippen LogP contribution >= 0.6 is 11.3 Å². The van der Waals surface area contributed by atoms with Gasteiger partial charge < -0.3 is 15.7 Å². The fourth-order valence-electron chi connectivity index (χ4n) is 1.89. The van der Waals surface area contributed by atoms with Crippen molar-refractivity contribution in [1.82, 2.24) is 15.0 Å². The third-order valence-corrected chi connectivity index (χ3v) is 3.74. The van der Waals surface area contributed by atoms with Crippen molar-refractivity contribution in [2.24, 2.45) is 0 Å². The third kappa shape index (κ3) is 3.61. The summed E-state index contributed by atoms with van der Waals surface area (Å²) in [5.74, 6) is -0.00478. The van der Waals surface area contributed by atoms with E-state index >= 15 is 0 Å². The molecule has 0 fully saturated rings. The number of carboxylic acid groups (broad SMARTS) is 1. The molecule has 0 unspecified atom stereocenters. The molecule has 0 amide bonds. The molecule has 3 rings (SSSR count). The molecule has 8 heteroatoms. The number of rotatable bonds is 5. The molecular weight excluding hydrogens is 314 g/mol. The zero-order valence-electron chi connectivity index (χ0n) is 12.1. The Morgan fingerprint density at radius 1 is 1.17 bits per heavy atom. The van der Waals surface area contributed by atoms with E-state index in [0.717, 1.165) is 10.7 Å². The van der Waals surface area contributed by atoms with Crippen molar-refractivity contribution >= 4 is 39.9 Å². The van der Waals surface area contributed by atoms with Crippen molar-refractivity contribution < 1.29 is 9.90 Å². The van der Waals surface area contributed by atoms with Crippen LogP contribution in [0.5, 0.6) is 0 Å². The maximum Gasteiger partial charge on any atom is 0.335 e. The number of nitrogens with zero attached hydrogens (tertiary/aromatic N) is 3. The van der Waals surface area contributed by atoms with Crippen LogP contribution in [0.15, 0.2) is 42.0 Å². The largest absolute Gasteiger partial charge is 0.478 e. The van der Waals surface area contributed by atoms with Crippen LogP contribution in [0.2, 0.25) is 0 Å². The summed E-state index contributed by atoms with van der Waals surface area (Å²) < 4.78 is 0. The number of aromatic carboxylic acids is 1. The van der Waals surface area contributed by atoms with Gasteiger partial charge >= 0.3 is 5.97 Å². The number of benzene rings is 1. The Bertz CT molecular complexity index is 836. The summed E-state index contributed by atoms with van der Waals surface area (Å²) in [6, 6.07) is 6.59. The van der Waals surface area contributed by atoms with E-state index in [1.807, 2.05) is 12.3 Å². The standard InChI is InChI=1S/C15H13N5O2S/c1-9-2-3-10(13(21)22)8-11(9)18-14-16-5-4-12(19-14)20-15-17-6-7-23-15/h2-8H,1H3,(H,21,22)(H2,16,17,18,19,20). The Morgan fingerprint density at radius 3 is 2.78 bits per heavy atom. The van der Waals surface area contributed by atoms with Crippen molar-refractivity contribution in [3.8, 4) is 0 Å². The fourth-order valence-corrected chi connectivity index (χ4v) is 2.43. The first kappa shape index (κ1) is 14.9. The zero-order chi connectivity index (χ0) is 16.2. The molecule has 3 aromatic rings. The summed E-state index contributed by atoms with van der Waals surface area (Å²) in [7, 11) is 0. The highest BCUT2D eigenvalue weighted by molar-refractivity contribution is 7.13. The van der Waals surface area contributed by atoms with Crippen LogP contribution in [0, 0.1) is 6.92 Å². The molecule has 0 aliphatic rings. The van der Waals surface area contributed by atoms with Crippen LogP contribution in [0.25, 0.3) is 0 Å². The molecule has 116 valence electrons. The quantitative estimate of drug-likeness (QED) is 0.660. The molecule has 0 saturated carbocycles. The molecule has 0 radical (unpaired) electrons. The van der Waals surface area contributed by atoms with Crippen molar-refractivity contribution in [3.63, 3.8) is 0 Å². The minimum absolute atomic E-state index is 0.204. The van der Waals surface area contributed by atoms with Crippen molar-refractivity contribution in [3.05, 3.63) is 53.2 Å². The van der Waals surface area contributed by atoms with Gasteiger partial charge in [-0.2, -0.15) is 4.98 Å². The first-order valence-corrected chi connectivity index (χ1v) is 7.60. The van der Waals surface area contributed by atoms with E-state index in [0.29, 0.717) is 17.5 Å². The lowest BCUT2D eigenvalue weighted by Gasteiger charge is -2.10. The van der Waals surface area contributed by atoms with Gasteiger partial charge in [-0.15, -0.1) is 11.3 Å². The minimum atomic E-state index is -0.979. The van der Waals surface area contributed by atoms with E-state index in [2.05, 4.69) is 25.6 Å². The molecule has 0 aliphatic heterocycles. The van der Waals surface area contributed by atoms with E-state index in [-0.39, 0.29) is 5.56 Å². The smallest absolute Gasteiger partial charge is 0.335 e. The molecule has 3 N–H and O–H groups in total. The Hall–Kier alpha value is -3.00. The Balaban J connectivity index is 1.83. The number of anilines is 4. The highest BCUT2D eigenvalue weighted by Gasteiger charge is 2.08. The number of hydrogen-bond acceptors (Lipinski definition) is 7. The van der Waals surface area contributed by atoms with E-state index < -0.39 is 5.97 Å². The van der Waals surface area contributed by atoms with Crippen molar-refractivity contribution in [1.29, 1.82) is 0 Å². The van der Waals surface area contributed by atoms with Gasteiger partial charge in [0.05, 0.1) is 5.56 Å². The molecule has 0 aliphatic carbocycles. The Labute approximate surface area is 136 Å². The topological polar surface area (TPSA) is 100 Å². The van der Waals surface area contributed by atoms with Gasteiger partial charge in [-0.25, -0.2) is 14.8 Å². The number of aromatic nitrogens is 3. The van der Waals surface area contributed by atoms with Gasteiger partial charge in [-0.1, -0.05) is 6.07 Å². The summed E-state index contributed by atoms with van der Waals surface area (Å²) in [4.78, 5) is 23.7. The monoisotopic (exact) mass is 327 g/mol. The Kier molecular flexibility index (Phi) is 4.15. The van der Waals surface area contributed by atoms with Crippen molar-refractivity contribution in [2.45, 2.75) is 6.92 Å². The SMILES string of the molecule is Cc1ccc(C(=O)O)cc1Nc1nccc(Nc2nccs2)n1. The predicted octanol–water partition coefficient (Wildman–Crippen LogP) is 3.43. The van der Waals surface area contributed by atoms with Gasteiger partial charge in [0, 0.05) is 23.5 Å². The van der Waals surface area contributed by atoms with Crippen molar-refractivity contribution in [2.75, 3.05) is 10.6 Å². The van der Waals surface area contributed by atoms with Crippen LogP contribution in [0.4, 0.5) is 22.6 Å². The Morgan fingerprint density at radius 2 is 2.04 bits per heavy atom. The summed E-state index contributed by atoms with van der Waals surface area (Å²) >= 11 is 1.47. The average molecular weight is 327 g/mol. The number of carboxylic acids is 1. The molecule has 23 heavy (non-hydrogen) atoms. The van der Waals surface area contributed by atoms with Crippen LogP contribution in [0.3, 0.4) is 0 Å². The summed E-state index contributed by atoms with van der Waals surface area (Å²) in [6.07, 6.45) is 3.32. The number of aryl methyl sites for hydroxylation is 1. The number of carbonyl (C=O) groups is 1. The maximum atomic E-state index is 11.1. The van der Waals surface area contributed by atoms with E-state index in [9.17, 15) is 4.79 Å². The molecule has 0 atom stereocenters. The minimum Gasteiger partial charge on any atom is -0.478 e. The van der Waals surface area contributed by atoms with Gasteiger partial charge in [-0.3, -0.25) is 0 Å². The third-order valence-electron chi connectivity index (χ3n) is 3.05. The fraction of sp³-hybridized carbons (Fsp3) is 0.0667. The molecule has 7 nitrogen and oxygen atoms in total. The lowest BCUT2D eigenvalue weighted by Crippen LogP contribution is -2.03. The van der Waals surface area contributed by atoms with Gasteiger partial charge in [-0.05, 0) is 30.7 Å².